The summed E-state index contributed by atoms with van der Waals surface area (Å²) in [6.45, 7) is 9.43. The average Bonchev–Trinajstić information content (AvgIpc) is 2.44. The first-order valence-electron chi connectivity index (χ1n) is 4.61. The second-order valence-corrected chi connectivity index (χ2v) is 4.48. The van der Waals surface area contributed by atoms with Crippen LogP contribution in [-0.4, -0.2) is 0 Å². The summed E-state index contributed by atoms with van der Waals surface area (Å²) in [6, 6.07) is 0. The molecule has 0 spiro atoms. The lowest BCUT2D eigenvalue weighted by Crippen LogP contribution is -2.02. The van der Waals surface area contributed by atoms with E-state index in [9.17, 15) is 0 Å². The van der Waals surface area contributed by atoms with Crippen LogP contribution in [0.4, 0.5) is 0 Å². The molecule has 0 bridgehead atoms. The first-order valence-corrected chi connectivity index (χ1v) is 4.61. The molecule has 0 nitrogen and oxygen atoms in total. The van der Waals surface area contributed by atoms with Gasteiger partial charge < -0.3 is 0 Å². The first-order chi connectivity index (χ1) is 4.61. The number of rotatable bonds is 3. The Kier molecular flexibility index (Phi) is 2.38. The summed E-state index contributed by atoms with van der Waals surface area (Å²) in [5, 5.41) is 0. The third-order valence-corrected chi connectivity index (χ3v) is 2.75. The van der Waals surface area contributed by atoms with Crippen molar-refractivity contribution in [3.63, 3.8) is 0 Å². The van der Waals surface area contributed by atoms with Gasteiger partial charge in [-0.1, -0.05) is 27.7 Å². The highest BCUT2D eigenvalue weighted by atomic mass is 14.4. The van der Waals surface area contributed by atoms with Crippen molar-refractivity contribution in [2.45, 2.75) is 40.5 Å². The first kappa shape index (κ1) is 8.10. The average molecular weight is 140 g/mol. The molecule has 1 unspecified atom stereocenters. The van der Waals surface area contributed by atoms with Crippen molar-refractivity contribution < 1.29 is 0 Å². The van der Waals surface area contributed by atoms with Gasteiger partial charge in [-0.05, 0) is 36.5 Å². The minimum absolute atomic E-state index is 0.891. The van der Waals surface area contributed by atoms with Crippen molar-refractivity contribution >= 4 is 0 Å². The van der Waals surface area contributed by atoms with Gasteiger partial charge in [0.2, 0.25) is 0 Å². The molecule has 1 aliphatic carbocycles. The molecule has 0 saturated heterocycles. The van der Waals surface area contributed by atoms with Crippen LogP contribution in [0.25, 0.3) is 0 Å². The Balaban J connectivity index is 2.16. The van der Waals surface area contributed by atoms with Gasteiger partial charge in [-0.15, -0.1) is 0 Å². The largest absolute Gasteiger partial charge is 0.0628 e. The Labute approximate surface area is 65.0 Å². The van der Waals surface area contributed by atoms with Gasteiger partial charge in [0.05, 0.1) is 0 Å². The van der Waals surface area contributed by atoms with E-state index in [2.05, 4.69) is 27.7 Å². The molecular formula is C10H20. The maximum absolute atomic E-state index is 2.41. The lowest BCUT2D eigenvalue weighted by Gasteiger charge is -2.12. The Bertz CT molecular complexity index is 105. The van der Waals surface area contributed by atoms with Crippen molar-refractivity contribution in [3.8, 4) is 0 Å². The quantitative estimate of drug-likeness (QED) is 0.564. The second-order valence-electron chi connectivity index (χ2n) is 4.48. The Morgan fingerprint density at radius 3 is 2.10 bits per heavy atom. The minimum Gasteiger partial charge on any atom is -0.0628 e. The van der Waals surface area contributed by atoms with E-state index < -0.39 is 0 Å². The molecule has 10 heavy (non-hydrogen) atoms. The summed E-state index contributed by atoms with van der Waals surface area (Å²) in [7, 11) is 0. The van der Waals surface area contributed by atoms with Crippen LogP contribution in [0.15, 0.2) is 0 Å². The Morgan fingerprint density at radius 2 is 1.80 bits per heavy atom. The van der Waals surface area contributed by atoms with Crippen LogP contribution < -0.4 is 0 Å². The maximum atomic E-state index is 2.41. The highest BCUT2D eigenvalue weighted by Gasteiger charge is 2.36. The fourth-order valence-electron chi connectivity index (χ4n) is 2.06. The van der Waals surface area contributed by atoms with Crippen molar-refractivity contribution in [1.29, 1.82) is 0 Å². The molecule has 0 heterocycles. The van der Waals surface area contributed by atoms with E-state index in [1.54, 1.807) is 0 Å². The minimum atomic E-state index is 0.891. The molecule has 0 radical (unpaired) electrons. The van der Waals surface area contributed by atoms with E-state index in [1.807, 2.05) is 0 Å². The molecule has 0 aromatic rings. The number of hydrogen-bond donors (Lipinski definition) is 0. The summed E-state index contributed by atoms with van der Waals surface area (Å²) in [5.74, 6) is 3.98. The van der Waals surface area contributed by atoms with Crippen LogP contribution in [0, 0.1) is 23.7 Å². The molecule has 1 aliphatic rings. The predicted molar refractivity (Wildman–Crippen MR) is 45.9 cm³/mol. The fraction of sp³-hybridized carbons (Fsp3) is 1.00. The standard InChI is InChI=1S/C10H20/c1-7(2)5-8(3)10-6-9(10)4/h7-10H,5-6H2,1-4H3/t8-,9-,10?/m1/s1. The monoisotopic (exact) mass is 140 g/mol. The fourth-order valence-corrected chi connectivity index (χ4v) is 2.06. The molecule has 1 saturated carbocycles. The third-order valence-electron chi connectivity index (χ3n) is 2.75. The van der Waals surface area contributed by atoms with Crippen molar-refractivity contribution in [2.24, 2.45) is 23.7 Å². The zero-order valence-corrected chi connectivity index (χ0v) is 7.72. The topological polar surface area (TPSA) is 0 Å². The summed E-state index contributed by atoms with van der Waals surface area (Å²) in [5.41, 5.74) is 0. The normalized spacial score (nSPS) is 34.5. The third kappa shape index (κ3) is 2.00. The van der Waals surface area contributed by atoms with Gasteiger partial charge in [0.15, 0.2) is 0 Å². The predicted octanol–water partition coefficient (Wildman–Crippen LogP) is 3.32. The summed E-state index contributed by atoms with van der Waals surface area (Å²) < 4.78 is 0. The lowest BCUT2D eigenvalue weighted by molar-refractivity contribution is 0.385. The molecule has 1 rings (SSSR count). The smallest absolute Gasteiger partial charge is 0.0360 e. The van der Waals surface area contributed by atoms with E-state index in [1.165, 1.54) is 12.8 Å². The van der Waals surface area contributed by atoms with Gasteiger partial charge >= 0.3 is 0 Å². The maximum Gasteiger partial charge on any atom is -0.0360 e. The molecule has 0 aromatic carbocycles. The molecular weight excluding hydrogens is 120 g/mol. The van der Waals surface area contributed by atoms with Crippen LogP contribution in [0.2, 0.25) is 0 Å². The van der Waals surface area contributed by atoms with E-state index in [-0.39, 0.29) is 0 Å². The van der Waals surface area contributed by atoms with Crippen molar-refractivity contribution in [3.05, 3.63) is 0 Å². The number of hydrogen-bond acceptors (Lipinski definition) is 0. The molecule has 60 valence electrons. The highest BCUT2D eigenvalue weighted by molar-refractivity contribution is 4.86. The van der Waals surface area contributed by atoms with E-state index in [0.29, 0.717) is 0 Å². The van der Waals surface area contributed by atoms with Gasteiger partial charge in [0.1, 0.15) is 0 Å². The van der Waals surface area contributed by atoms with Gasteiger partial charge in [-0.3, -0.25) is 0 Å². The molecule has 0 aromatic heterocycles. The van der Waals surface area contributed by atoms with Crippen molar-refractivity contribution in [2.75, 3.05) is 0 Å². The molecule has 3 atom stereocenters. The summed E-state index contributed by atoms with van der Waals surface area (Å²) >= 11 is 0. The van der Waals surface area contributed by atoms with E-state index in [0.717, 1.165) is 23.7 Å². The Morgan fingerprint density at radius 1 is 1.30 bits per heavy atom. The second kappa shape index (κ2) is 2.94. The lowest BCUT2D eigenvalue weighted by atomic mass is 9.94. The van der Waals surface area contributed by atoms with Crippen LogP contribution in [0.1, 0.15) is 40.5 Å². The SMILES string of the molecule is CC(C)C[C@@H](C)C1C[C@H]1C. The zero-order valence-electron chi connectivity index (χ0n) is 7.72. The van der Waals surface area contributed by atoms with Gasteiger partial charge in [-0.2, -0.15) is 0 Å². The van der Waals surface area contributed by atoms with Crippen LogP contribution in [-0.2, 0) is 0 Å². The van der Waals surface area contributed by atoms with Crippen LogP contribution in [0.5, 0.6) is 0 Å². The molecule has 1 fully saturated rings. The summed E-state index contributed by atoms with van der Waals surface area (Å²) in [6.07, 6.45) is 2.92. The van der Waals surface area contributed by atoms with E-state index in [4.69, 9.17) is 0 Å². The highest BCUT2D eigenvalue weighted by Crippen LogP contribution is 2.45. The van der Waals surface area contributed by atoms with E-state index >= 15 is 0 Å². The Hall–Kier alpha value is 0. The molecule has 0 N–H and O–H groups in total. The molecule has 0 amide bonds. The molecule has 0 heteroatoms. The van der Waals surface area contributed by atoms with Gasteiger partial charge in [0.25, 0.3) is 0 Å². The van der Waals surface area contributed by atoms with Gasteiger partial charge in [0, 0.05) is 0 Å². The molecule has 0 aliphatic heterocycles. The van der Waals surface area contributed by atoms with Crippen LogP contribution >= 0.6 is 0 Å². The summed E-state index contributed by atoms with van der Waals surface area (Å²) in [4.78, 5) is 0. The zero-order chi connectivity index (χ0) is 7.72. The van der Waals surface area contributed by atoms with Crippen LogP contribution in [0.3, 0.4) is 0 Å². The van der Waals surface area contributed by atoms with Crippen molar-refractivity contribution in [1.82, 2.24) is 0 Å². The van der Waals surface area contributed by atoms with Gasteiger partial charge in [-0.25, -0.2) is 0 Å².